The summed E-state index contributed by atoms with van der Waals surface area (Å²) in [6.45, 7) is 6.51. The number of hydrogen-bond donors (Lipinski definition) is 1. The number of likely N-dealkylation sites (tertiary alicyclic amines) is 1. The molecule has 100 valence electrons. The lowest BCUT2D eigenvalue weighted by atomic mass is 9.83. The molecule has 1 amide bonds. The standard InChI is InChI=1S/C12H19N3O3/c1-8(2)12(17)6-15(7-12)11(16)5-4-10-13-9(3)14-18-10/h8,17H,4-7H2,1-3H3. The SMILES string of the molecule is Cc1noc(CCC(=O)N2CC(O)(C(C)C)C2)n1. The molecule has 1 N–H and O–H groups in total. The average Bonchev–Trinajstić information content (AvgIpc) is 2.67. The molecule has 18 heavy (non-hydrogen) atoms. The van der Waals surface area contributed by atoms with Crippen LogP contribution < -0.4 is 0 Å². The van der Waals surface area contributed by atoms with Gasteiger partial charge in [0.2, 0.25) is 11.8 Å². The van der Waals surface area contributed by atoms with E-state index in [-0.39, 0.29) is 11.8 Å². The smallest absolute Gasteiger partial charge is 0.227 e. The molecule has 0 aromatic carbocycles. The summed E-state index contributed by atoms with van der Waals surface area (Å²) in [7, 11) is 0. The Bertz CT molecular complexity index is 436. The summed E-state index contributed by atoms with van der Waals surface area (Å²) < 4.78 is 4.94. The molecule has 1 saturated heterocycles. The van der Waals surface area contributed by atoms with Gasteiger partial charge in [0, 0.05) is 12.8 Å². The molecule has 0 saturated carbocycles. The van der Waals surface area contributed by atoms with Gasteiger partial charge in [-0.2, -0.15) is 4.98 Å². The van der Waals surface area contributed by atoms with Gasteiger partial charge in [-0.15, -0.1) is 0 Å². The van der Waals surface area contributed by atoms with E-state index < -0.39 is 5.60 Å². The molecular formula is C12H19N3O3. The van der Waals surface area contributed by atoms with Crippen LogP contribution in [0.4, 0.5) is 0 Å². The molecule has 0 atom stereocenters. The van der Waals surface area contributed by atoms with Gasteiger partial charge >= 0.3 is 0 Å². The predicted molar refractivity (Wildman–Crippen MR) is 63.7 cm³/mol. The molecule has 0 spiro atoms. The van der Waals surface area contributed by atoms with Crippen molar-refractivity contribution in [3.63, 3.8) is 0 Å². The highest BCUT2D eigenvalue weighted by Crippen LogP contribution is 2.28. The first-order valence-electron chi connectivity index (χ1n) is 6.20. The molecule has 6 heteroatoms. The second kappa shape index (κ2) is 4.68. The largest absolute Gasteiger partial charge is 0.386 e. The van der Waals surface area contributed by atoms with Crippen LogP contribution in [0.2, 0.25) is 0 Å². The van der Waals surface area contributed by atoms with E-state index in [1.54, 1.807) is 11.8 Å². The van der Waals surface area contributed by atoms with E-state index in [4.69, 9.17) is 4.52 Å². The minimum Gasteiger partial charge on any atom is -0.386 e. The fourth-order valence-electron chi connectivity index (χ4n) is 1.97. The van der Waals surface area contributed by atoms with Gasteiger partial charge in [-0.05, 0) is 12.8 Å². The zero-order chi connectivity index (χ0) is 13.3. The van der Waals surface area contributed by atoms with Crippen LogP contribution in [0, 0.1) is 12.8 Å². The van der Waals surface area contributed by atoms with E-state index in [1.807, 2.05) is 13.8 Å². The van der Waals surface area contributed by atoms with Gasteiger partial charge in [-0.3, -0.25) is 4.79 Å². The molecule has 1 fully saturated rings. The lowest BCUT2D eigenvalue weighted by molar-refractivity contribution is -0.163. The third kappa shape index (κ3) is 2.53. The molecule has 2 rings (SSSR count). The van der Waals surface area contributed by atoms with Crippen LogP contribution in [-0.2, 0) is 11.2 Å². The highest BCUT2D eigenvalue weighted by Gasteiger charge is 2.45. The van der Waals surface area contributed by atoms with Gasteiger partial charge in [0.05, 0.1) is 13.1 Å². The van der Waals surface area contributed by atoms with Crippen LogP contribution in [0.5, 0.6) is 0 Å². The summed E-state index contributed by atoms with van der Waals surface area (Å²) in [4.78, 5) is 17.6. The number of carbonyl (C=O) groups is 1. The van der Waals surface area contributed by atoms with Crippen molar-refractivity contribution >= 4 is 5.91 Å². The molecule has 1 aromatic heterocycles. The maximum atomic E-state index is 11.8. The molecule has 6 nitrogen and oxygen atoms in total. The summed E-state index contributed by atoms with van der Waals surface area (Å²) in [6.07, 6.45) is 0.798. The van der Waals surface area contributed by atoms with E-state index >= 15 is 0 Å². The Morgan fingerprint density at radius 1 is 1.56 bits per heavy atom. The molecule has 0 aliphatic carbocycles. The van der Waals surface area contributed by atoms with Crippen molar-refractivity contribution < 1.29 is 14.4 Å². The van der Waals surface area contributed by atoms with Crippen molar-refractivity contribution in [3.8, 4) is 0 Å². The van der Waals surface area contributed by atoms with Crippen molar-refractivity contribution in [1.82, 2.24) is 15.0 Å². The Labute approximate surface area is 106 Å². The fraction of sp³-hybridized carbons (Fsp3) is 0.750. The van der Waals surface area contributed by atoms with Crippen molar-refractivity contribution in [1.29, 1.82) is 0 Å². The molecular weight excluding hydrogens is 234 g/mol. The first kappa shape index (κ1) is 13.0. The second-order valence-electron chi connectivity index (χ2n) is 5.24. The predicted octanol–water partition coefficient (Wildman–Crippen LogP) is 0.540. The van der Waals surface area contributed by atoms with Crippen LogP contribution in [-0.4, -0.2) is 44.7 Å². The topological polar surface area (TPSA) is 79.5 Å². The van der Waals surface area contributed by atoms with Gasteiger partial charge in [0.25, 0.3) is 0 Å². The van der Waals surface area contributed by atoms with Crippen molar-refractivity contribution in [2.24, 2.45) is 5.92 Å². The summed E-state index contributed by atoms with van der Waals surface area (Å²) in [5.74, 6) is 1.26. The Kier molecular flexibility index (Phi) is 3.38. The normalized spacial score (nSPS) is 17.9. The highest BCUT2D eigenvalue weighted by molar-refractivity contribution is 5.77. The number of aliphatic hydroxyl groups is 1. The number of nitrogens with zero attached hydrogens (tertiary/aromatic N) is 3. The minimum atomic E-state index is -0.712. The molecule has 2 heterocycles. The Hall–Kier alpha value is -1.43. The number of β-amino-alcohol motifs (C(OH)–C–C–N with tert-alkyl or cyclic N) is 1. The summed E-state index contributed by atoms with van der Waals surface area (Å²) in [5, 5.41) is 13.7. The molecule has 1 aromatic rings. The molecule has 1 aliphatic rings. The number of aryl methyl sites for hydroxylation is 2. The Balaban J connectivity index is 1.77. The fourth-order valence-corrected chi connectivity index (χ4v) is 1.97. The average molecular weight is 253 g/mol. The quantitative estimate of drug-likeness (QED) is 0.847. The number of aromatic nitrogens is 2. The minimum absolute atomic E-state index is 0.0242. The van der Waals surface area contributed by atoms with E-state index in [0.29, 0.717) is 37.6 Å². The van der Waals surface area contributed by atoms with Gasteiger partial charge in [0.1, 0.15) is 5.60 Å². The number of rotatable bonds is 4. The Morgan fingerprint density at radius 3 is 2.72 bits per heavy atom. The lowest BCUT2D eigenvalue weighted by Gasteiger charge is -2.49. The van der Waals surface area contributed by atoms with Gasteiger partial charge in [-0.25, -0.2) is 0 Å². The number of amides is 1. The van der Waals surface area contributed by atoms with E-state index in [9.17, 15) is 9.90 Å². The highest BCUT2D eigenvalue weighted by atomic mass is 16.5. The van der Waals surface area contributed by atoms with Gasteiger partial charge in [-0.1, -0.05) is 19.0 Å². The lowest BCUT2D eigenvalue weighted by Crippen LogP contribution is -2.66. The van der Waals surface area contributed by atoms with Crippen molar-refractivity contribution in [3.05, 3.63) is 11.7 Å². The van der Waals surface area contributed by atoms with Crippen LogP contribution in [0.15, 0.2) is 4.52 Å². The van der Waals surface area contributed by atoms with Crippen LogP contribution in [0.1, 0.15) is 32.0 Å². The van der Waals surface area contributed by atoms with Crippen molar-refractivity contribution in [2.45, 2.75) is 39.2 Å². The maximum absolute atomic E-state index is 11.8. The molecule has 0 radical (unpaired) electrons. The van der Waals surface area contributed by atoms with Crippen LogP contribution in [0.25, 0.3) is 0 Å². The first-order chi connectivity index (χ1) is 8.40. The van der Waals surface area contributed by atoms with E-state index in [0.717, 1.165) is 0 Å². The van der Waals surface area contributed by atoms with Gasteiger partial charge in [0.15, 0.2) is 5.82 Å². The zero-order valence-corrected chi connectivity index (χ0v) is 11.0. The third-order valence-corrected chi connectivity index (χ3v) is 3.48. The summed E-state index contributed by atoms with van der Waals surface area (Å²) in [5.41, 5.74) is -0.712. The van der Waals surface area contributed by atoms with Gasteiger partial charge < -0.3 is 14.5 Å². The first-order valence-corrected chi connectivity index (χ1v) is 6.20. The van der Waals surface area contributed by atoms with Crippen LogP contribution in [0.3, 0.4) is 0 Å². The summed E-state index contributed by atoms with van der Waals surface area (Å²) >= 11 is 0. The monoisotopic (exact) mass is 253 g/mol. The second-order valence-corrected chi connectivity index (χ2v) is 5.24. The van der Waals surface area contributed by atoms with E-state index in [1.165, 1.54) is 0 Å². The van der Waals surface area contributed by atoms with Crippen LogP contribution >= 0.6 is 0 Å². The number of carbonyl (C=O) groups excluding carboxylic acids is 1. The molecule has 1 aliphatic heterocycles. The zero-order valence-electron chi connectivity index (χ0n) is 11.0. The molecule has 0 bridgehead atoms. The summed E-state index contributed by atoms with van der Waals surface area (Å²) in [6, 6.07) is 0. The molecule has 0 unspecified atom stereocenters. The maximum Gasteiger partial charge on any atom is 0.227 e. The van der Waals surface area contributed by atoms with Crippen molar-refractivity contribution in [2.75, 3.05) is 13.1 Å². The number of hydrogen-bond acceptors (Lipinski definition) is 5. The Morgan fingerprint density at radius 2 is 2.22 bits per heavy atom. The van der Waals surface area contributed by atoms with E-state index in [2.05, 4.69) is 10.1 Å². The third-order valence-electron chi connectivity index (χ3n) is 3.48.